The topological polar surface area (TPSA) is 37.3 Å². The lowest BCUT2D eigenvalue weighted by molar-refractivity contribution is -0.133. The van der Waals surface area contributed by atoms with Crippen LogP contribution in [-0.4, -0.2) is 10.9 Å². The Balaban J connectivity index is 2.83. The zero-order valence-corrected chi connectivity index (χ0v) is 10.4. The second-order valence-corrected chi connectivity index (χ2v) is 5.26. The molecule has 2 atom stereocenters. The highest BCUT2D eigenvalue weighted by Gasteiger charge is 2.31. The molecule has 1 aromatic carbocycles. The van der Waals surface area contributed by atoms with Gasteiger partial charge in [0.15, 0.2) is 0 Å². The minimum absolute atomic E-state index is 0.0869. The maximum atomic E-state index is 12.0. The van der Waals surface area contributed by atoms with E-state index in [1.807, 2.05) is 51.1 Å². The lowest BCUT2D eigenvalue weighted by Crippen LogP contribution is -2.30. The van der Waals surface area contributed by atoms with Crippen LogP contribution >= 0.6 is 0 Å². The molecule has 1 rings (SSSR count). The van der Waals surface area contributed by atoms with Gasteiger partial charge in [0, 0.05) is 11.3 Å². The van der Waals surface area contributed by atoms with Crippen LogP contribution < -0.4 is 0 Å². The molecule has 1 N–H and O–H groups in total. The predicted octanol–water partition coefficient (Wildman–Crippen LogP) is 2.97. The predicted molar refractivity (Wildman–Crippen MR) is 65.0 cm³/mol. The first-order valence-corrected chi connectivity index (χ1v) is 5.61. The lowest BCUT2D eigenvalue weighted by atomic mass is 9.80. The van der Waals surface area contributed by atoms with E-state index in [2.05, 4.69) is 0 Å². The van der Waals surface area contributed by atoms with Crippen LogP contribution in [0.4, 0.5) is 0 Å². The van der Waals surface area contributed by atoms with Gasteiger partial charge in [-0.05, 0) is 5.56 Å². The van der Waals surface area contributed by atoms with Crippen molar-refractivity contribution in [3.8, 4) is 0 Å². The van der Waals surface area contributed by atoms with Crippen molar-refractivity contribution in [2.45, 2.75) is 33.8 Å². The van der Waals surface area contributed by atoms with E-state index in [1.165, 1.54) is 0 Å². The Bertz CT molecular complexity index is 349. The van der Waals surface area contributed by atoms with Gasteiger partial charge in [-0.3, -0.25) is 4.79 Å². The second-order valence-electron chi connectivity index (χ2n) is 5.26. The number of benzene rings is 1. The number of carbonyl (C=O) groups is 1. The molecule has 0 unspecified atom stereocenters. The molecule has 0 saturated carbocycles. The van der Waals surface area contributed by atoms with Gasteiger partial charge in [0.2, 0.25) is 0 Å². The van der Waals surface area contributed by atoms with E-state index in [4.69, 9.17) is 0 Å². The number of Topliss-reactive ketones (excluding diaryl/α,β-unsaturated/α-hetero) is 1. The minimum atomic E-state index is -0.715. The monoisotopic (exact) mass is 220 g/mol. The van der Waals surface area contributed by atoms with Crippen molar-refractivity contribution in [1.29, 1.82) is 0 Å². The lowest BCUT2D eigenvalue weighted by Gasteiger charge is -2.25. The first kappa shape index (κ1) is 12.9. The maximum absolute atomic E-state index is 12.0. The van der Waals surface area contributed by atoms with Gasteiger partial charge < -0.3 is 5.11 Å². The summed E-state index contributed by atoms with van der Waals surface area (Å²) in [5.74, 6) is -0.286. The number of aliphatic hydroxyl groups is 1. The van der Waals surface area contributed by atoms with Gasteiger partial charge in [-0.2, -0.15) is 0 Å². The molecule has 0 spiro atoms. The summed E-state index contributed by atoms with van der Waals surface area (Å²) in [6.45, 7) is 7.42. The van der Waals surface area contributed by atoms with Crippen LogP contribution in [0, 0.1) is 11.3 Å². The highest BCUT2D eigenvalue weighted by atomic mass is 16.3. The Morgan fingerprint density at radius 2 is 1.69 bits per heavy atom. The molecular weight excluding hydrogens is 200 g/mol. The van der Waals surface area contributed by atoms with Crippen molar-refractivity contribution < 1.29 is 9.90 Å². The molecule has 0 aromatic heterocycles. The van der Waals surface area contributed by atoms with Gasteiger partial charge in [-0.25, -0.2) is 0 Å². The van der Waals surface area contributed by atoms with Gasteiger partial charge in [0.05, 0.1) is 6.10 Å². The number of ketones is 1. The Morgan fingerprint density at radius 1 is 1.19 bits per heavy atom. The number of rotatable bonds is 3. The molecule has 0 aliphatic rings. The number of aliphatic hydroxyl groups excluding tert-OH is 1. The normalized spacial score (nSPS) is 15.6. The first-order valence-electron chi connectivity index (χ1n) is 5.61. The maximum Gasteiger partial charge on any atom is 0.143 e. The summed E-state index contributed by atoms with van der Waals surface area (Å²) >= 11 is 0. The summed E-state index contributed by atoms with van der Waals surface area (Å²) in [5, 5.41) is 10.1. The summed E-state index contributed by atoms with van der Waals surface area (Å²) in [6.07, 6.45) is -0.715. The standard InChI is InChI=1S/C14H20O2/c1-10(13(16)14(2,3)4)12(15)11-8-6-5-7-9-11/h5-10,12,15H,1-4H3/t10-,12-/m1/s1. The average Bonchev–Trinajstić information content (AvgIpc) is 2.26. The third-order valence-electron chi connectivity index (χ3n) is 2.77. The van der Waals surface area contributed by atoms with E-state index in [0.29, 0.717) is 0 Å². The van der Waals surface area contributed by atoms with Crippen LogP contribution in [0.5, 0.6) is 0 Å². The number of carbonyl (C=O) groups excluding carboxylic acids is 1. The van der Waals surface area contributed by atoms with E-state index >= 15 is 0 Å². The fraction of sp³-hybridized carbons (Fsp3) is 0.500. The van der Waals surface area contributed by atoms with Crippen LogP contribution in [0.1, 0.15) is 39.4 Å². The van der Waals surface area contributed by atoms with Crippen LogP contribution in [0.15, 0.2) is 30.3 Å². The third-order valence-corrected chi connectivity index (χ3v) is 2.77. The highest BCUT2D eigenvalue weighted by molar-refractivity contribution is 5.86. The smallest absolute Gasteiger partial charge is 0.143 e. The van der Waals surface area contributed by atoms with E-state index in [1.54, 1.807) is 6.92 Å². The van der Waals surface area contributed by atoms with E-state index in [-0.39, 0.29) is 11.7 Å². The van der Waals surface area contributed by atoms with Gasteiger partial charge in [-0.1, -0.05) is 58.0 Å². The van der Waals surface area contributed by atoms with Gasteiger partial charge >= 0.3 is 0 Å². The second kappa shape index (κ2) is 4.79. The SMILES string of the molecule is C[C@@H](C(=O)C(C)(C)C)[C@@H](O)c1ccccc1. The molecule has 2 nitrogen and oxygen atoms in total. The van der Waals surface area contributed by atoms with E-state index in [9.17, 15) is 9.90 Å². The minimum Gasteiger partial charge on any atom is -0.388 e. The molecular formula is C14H20O2. The Hall–Kier alpha value is -1.15. The van der Waals surface area contributed by atoms with Crippen LogP contribution in [-0.2, 0) is 4.79 Å². The van der Waals surface area contributed by atoms with Crippen molar-refractivity contribution in [3.63, 3.8) is 0 Å². The summed E-state index contributed by atoms with van der Waals surface area (Å²) in [4.78, 5) is 12.0. The molecule has 0 aliphatic heterocycles. The Kier molecular flexibility index (Phi) is 3.87. The molecule has 1 aromatic rings. The van der Waals surface area contributed by atoms with Crippen molar-refractivity contribution in [1.82, 2.24) is 0 Å². The highest BCUT2D eigenvalue weighted by Crippen LogP contribution is 2.29. The molecule has 0 fully saturated rings. The largest absolute Gasteiger partial charge is 0.388 e. The molecule has 0 radical (unpaired) electrons. The van der Waals surface area contributed by atoms with Crippen molar-refractivity contribution in [3.05, 3.63) is 35.9 Å². The van der Waals surface area contributed by atoms with Crippen molar-refractivity contribution >= 4 is 5.78 Å². The fourth-order valence-electron chi connectivity index (χ4n) is 1.77. The van der Waals surface area contributed by atoms with Gasteiger partial charge in [0.25, 0.3) is 0 Å². The van der Waals surface area contributed by atoms with Crippen LogP contribution in [0.25, 0.3) is 0 Å². The number of hydrogen-bond acceptors (Lipinski definition) is 2. The van der Waals surface area contributed by atoms with Crippen LogP contribution in [0.3, 0.4) is 0 Å². The van der Waals surface area contributed by atoms with E-state index < -0.39 is 11.5 Å². The molecule has 88 valence electrons. The molecule has 2 heteroatoms. The molecule has 0 bridgehead atoms. The first-order chi connectivity index (χ1) is 7.34. The van der Waals surface area contributed by atoms with Crippen molar-refractivity contribution in [2.75, 3.05) is 0 Å². The van der Waals surface area contributed by atoms with Crippen LogP contribution in [0.2, 0.25) is 0 Å². The quantitative estimate of drug-likeness (QED) is 0.850. The van der Waals surface area contributed by atoms with Gasteiger partial charge in [-0.15, -0.1) is 0 Å². The average molecular weight is 220 g/mol. The summed E-state index contributed by atoms with van der Waals surface area (Å²) in [5.41, 5.74) is 0.391. The van der Waals surface area contributed by atoms with Gasteiger partial charge in [0.1, 0.15) is 5.78 Å². The summed E-state index contributed by atoms with van der Waals surface area (Å²) in [7, 11) is 0. The van der Waals surface area contributed by atoms with E-state index in [0.717, 1.165) is 5.56 Å². The summed E-state index contributed by atoms with van der Waals surface area (Å²) < 4.78 is 0. The number of hydrogen-bond donors (Lipinski definition) is 1. The fourth-order valence-corrected chi connectivity index (χ4v) is 1.77. The molecule has 0 heterocycles. The molecule has 0 amide bonds. The molecule has 16 heavy (non-hydrogen) atoms. The Labute approximate surface area is 97.3 Å². The molecule has 0 aliphatic carbocycles. The molecule has 0 saturated heterocycles. The Morgan fingerprint density at radius 3 is 2.12 bits per heavy atom. The summed E-state index contributed by atoms with van der Waals surface area (Å²) in [6, 6.07) is 9.32. The third kappa shape index (κ3) is 2.92. The van der Waals surface area contributed by atoms with Crippen molar-refractivity contribution in [2.24, 2.45) is 11.3 Å². The zero-order valence-electron chi connectivity index (χ0n) is 10.4. The zero-order chi connectivity index (χ0) is 12.3.